The van der Waals surface area contributed by atoms with E-state index in [1.165, 1.54) is 22.7 Å². The lowest BCUT2D eigenvalue weighted by atomic mass is 9.96. The van der Waals surface area contributed by atoms with Gasteiger partial charge < -0.3 is 25.2 Å². The van der Waals surface area contributed by atoms with E-state index in [4.69, 9.17) is 11.2 Å². The fraction of sp³-hybridized carbons (Fsp3) is 0.407. The maximum absolute atomic E-state index is 14.1. The average Bonchev–Trinajstić information content (AvgIpc) is 3.21. The van der Waals surface area contributed by atoms with Gasteiger partial charge in [-0.15, -0.1) is 18.2 Å². The van der Waals surface area contributed by atoms with Crippen molar-refractivity contribution in [3.8, 4) is 12.3 Å². The molecule has 1 fully saturated rings. The molecule has 11 heteroatoms. The molecule has 4 atom stereocenters. The van der Waals surface area contributed by atoms with Crippen molar-refractivity contribution >= 4 is 23.8 Å². The standard InChI is InChI=1S/C27H31F2N3O5S/c1-4-13-37-26(36)31-21(14-17-9-6-5-7-10-17)22(33)25(35)32-16-38-27(2,3)23(32)24(34)30-15-18-19(28)11-8-12-20(18)29/h1,5-12,21-24,30,33-34H,13-16H2,2-3H3,(H,31,36)/t21?,22-,23+,24?/m0/s1. The van der Waals surface area contributed by atoms with E-state index in [2.05, 4.69) is 16.6 Å². The Labute approximate surface area is 224 Å². The summed E-state index contributed by atoms with van der Waals surface area (Å²) >= 11 is 1.37. The Hall–Kier alpha value is -3.17. The zero-order valence-corrected chi connectivity index (χ0v) is 21.9. The molecule has 1 aliphatic heterocycles. The first-order valence-electron chi connectivity index (χ1n) is 11.9. The van der Waals surface area contributed by atoms with Crippen LogP contribution < -0.4 is 10.6 Å². The smallest absolute Gasteiger partial charge is 0.408 e. The molecule has 1 aliphatic rings. The predicted molar refractivity (Wildman–Crippen MR) is 140 cm³/mol. The molecule has 0 bridgehead atoms. The minimum Gasteiger partial charge on any atom is -0.436 e. The third-order valence-electron chi connectivity index (χ3n) is 6.28. The molecule has 8 nitrogen and oxygen atoms in total. The number of nitrogens with zero attached hydrogens (tertiary/aromatic N) is 1. The number of hydrogen-bond donors (Lipinski definition) is 4. The van der Waals surface area contributed by atoms with Crippen LogP contribution in [0.4, 0.5) is 13.6 Å². The zero-order chi connectivity index (χ0) is 27.9. The number of carbonyl (C=O) groups is 2. The topological polar surface area (TPSA) is 111 Å². The summed E-state index contributed by atoms with van der Waals surface area (Å²) in [4.78, 5) is 27.1. The molecule has 1 saturated heterocycles. The number of benzene rings is 2. The van der Waals surface area contributed by atoms with Gasteiger partial charge in [0.1, 0.15) is 17.9 Å². The second-order valence-corrected chi connectivity index (χ2v) is 10.9. The summed E-state index contributed by atoms with van der Waals surface area (Å²) in [5.74, 6) is 0.0493. The van der Waals surface area contributed by atoms with Gasteiger partial charge in [0.25, 0.3) is 5.91 Å². The maximum atomic E-state index is 14.1. The van der Waals surface area contributed by atoms with Crippen LogP contribution >= 0.6 is 11.8 Å². The number of terminal acetylenes is 1. The van der Waals surface area contributed by atoms with E-state index in [0.717, 1.165) is 17.7 Å². The number of ether oxygens (including phenoxy) is 1. The lowest BCUT2D eigenvalue weighted by Gasteiger charge is -2.37. The van der Waals surface area contributed by atoms with Gasteiger partial charge in [-0.2, -0.15) is 0 Å². The molecule has 0 saturated carbocycles. The Kier molecular flexibility index (Phi) is 10.1. The van der Waals surface area contributed by atoms with Gasteiger partial charge in [0.15, 0.2) is 12.7 Å². The van der Waals surface area contributed by atoms with Crippen molar-refractivity contribution in [1.82, 2.24) is 15.5 Å². The Morgan fingerprint density at radius 2 is 1.84 bits per heavy atom. The monoisotopic (exact) mass is 547 g/mol. The van der Waals surface area contributed by atoms with Gasteiger partial charge in [-0.1, -0.05) is 42.3 Å². The van der Waals surface area contributed by atoms with Gasteiger partial charge in [0, 0.05) is 16.9 Å². The fourth-order valence-corrected chi connectivity index (χ4v) is 5.49. The number of thioether (sulfide) groups is 1. The van der Waals surface area contributed by atoms with Crippen LogP contribution in [0.15, 0.2) is 48.5 Å². The summed E-state index contributed by atoms with van der Waals surface area (Å²) in [5, 5.41) is 27.3. The first-order valence-corrected chi connectivity index (χ1v) is 12.9. The third kappa shape index (κ3) is 7.23. The lowest BCUT2D eigenvalue weighted by molar-refractivity contribution is -0.146. The quantitative estimate of drug-likeness (QED) is 0.267. The molecular formula is C27H31F2N3O5S. The number of hydrogen-bond acceptors (Lipinski definition) is 7. The van der Waals surface area contributed by atoms with Crippen molar-refractivity contribution in [3.63, 3.8) is 0 Å². The van der Waals surface area contributed by atoms with Crippen molar-refractivity contribution in [1.29, 1.82) is 0 Å². The van der Waals surface area contributed by atoms with Crippen molar-refractivity contribution in [3.05, 3.63) is 71.3 Å². The summed E-state index contributed by atoms with van der Waals surface area (Å²) < 4.78 is 32.3. The van der Waals surface area contributed by atoms with Crippen LogP contribution in [0.3, 0.4) is 0 Å². The van der Waals surface area contributed by atoms with Crippen molar-refractivity contribution in [2.24, 2.45) is 0 Å². The van der Waals surface area contributed by atoms with E-state index in [1.54, 1.807) is 24.3 Å². The molecule has 0 aliphatic carbocycles. The number of aliphatic hydroxyl groups is 2. The first-order chi connectivity index (χ1) is 18.0. The normalized spacial score (nSPS) is 18.8. The van der Waals surface area contributed by atoms with E-state index < -0.39 is 52.8 Å². The van der Waals surface area contributed by atoms with E-state index in [9.17, 15) is 28.6 Å². The third-order valence-corrected chi connectivity index (χ3v) is 7.67. The molecule has 1 heterocycles. The molecule has 4 N–H and O–H groups in total. The average molecular weight is 548 g/mol. The van der Waals surface area contributed by atoms with Crippen LogP contribution in [0.2, 0.25) is 0 Å². The van der Waals surface area contributed by atoms with E-state index >= 15 is 0 Å². The Bertz CT molecular complexity index is 1140. The van der Waals surface area contributed by atoms with Crippen LogP contribution in [0.5, 0.6) is 0 Å². The van der Waals surface area contributed by atoms with Gasteiger partial charge in [0.2, 0.25) is 0 Å². The molecule has 2 amide bonds. The molecule has 0 aromatic heterocycles. The highest BCUT2D eigenvalue weighted by atomic mass is 32.2. The van der Waals surface area contributed by atoms with Crippen molar-refractivity contribution in [2.75, 3.05) is 12.5 Å². The maximum Gasteiger partial charge on any atom is 0.408 e. The molecule has 2 aromatic carbocycles. The zero-order valence-electron chi connectivity index (χ0n) is 21.1. The number of amides is 2. The Balaban J connectivity index is 1.78. The molecular weight excluding hydrogens is 516 g/mol. The van der Waals surface area contributed by atoms with Crippen LogP contribution in [0.25, 0.3) is 0 Å². The molecule has 0 spiro atoms. The van der Waals surface area contributed by atoms with E-state index in [0.29, 0.717) is 0 Å². The summed E-state index contributed by atoms with van der Waals surface area (Å²) in [6, 6.07) is 10.5. The van der Waals surface area contributed by atoms with Crippen LogP contribution in [-0.4, -0.2) is 68.8 Å². The number of nitrogens with one attached hydrogen (secondary N) is 2. The predicted octanol–water partition coefficient (Wildman–Crippen LogP) is 2.38. The molecule has 3 rings (SSSR count). The van der Waals surface area contributed by atoms with Gasteiger partial charge >= 0.3 is 6.09 Å². The summed E-state index contributed by atoms with van der Waals surface area (Å²) in [7, 11) is 0. The van der Waals surface area contributed by atoms with Crippen molar-refractivity contribution in [2.45, 2.75) is 56.0 Å². The lowest BCUT2D eigenvalue weighted by Crippen LogP contribution is -2.60. The SMILES string of the molecule is C#CCOC(=O)NC(Cc1ccccc1)[C@H](O)C(=O)N1CSC(C)(C)[C@H]1C(O)NCc1c(F)cccc1F. The number of rotatable bonds is 10. The molecule has 0 radical (unpaired) electrons. The van der Waals surface area contributed by atoms with E-state index in [-0.39, 0.29) is 31.0 Å². The van der Waals surface area contributed by atoms with Gasteiger partial charge in [0.05, 0.1) is 18.0 Å². The second-order valence-electron chi connectivity index (χ2n) is 9.32. The van der Waals surface area contributed by atoms with Gasteiger partial charge in [-0.3, -0.25) is 10.1 Å². The number of aliphatic hydroxyl groups excluding tert-OH is 2. The molecule has 2 aromatic rings. The molecule has 2 unspecified atom stereocenters. The highest BCUT2D eigenvalue weighted by molar-refractivity contribution is 8.00. The number of halogens is 2. The minimum atomic E-state index is -1.69. The van der Waals surface area contributed by atoms with Gasteiger partial charge in [-0.05, 0) is 38.0 Å². The highest BCUT2D eigenvalue weighted by Crippen LogP contribution is 2.41. The number of carbonyl (C=O) groups excluding carboxylic acids is 2. The van der Waals surface area contributed by atoms with Crippen molar-refractivity contribution < 1.29 is 33.3 Å². The first kappa shape index (κ1) is 29.4. The molecule has 204 valence electrons. The van der Waals surface area contributed by atoms with Gasteiger partial charge in [-0.25, -0.2) is 13.6 Å². The summed E-state index contributed by atoms with van der Waals surface area (Å²) in [5.41, 5.74) is 0.508. The number of alkyl carbamates (subject to hydrolysis) is 1. The van der Waals surface area contributed by atoms with Crippen LogP contribution in [0.1, 0.15) is 25.0 Å². The second kappa shape index (κ2) is 13.1. The highest BCUT2D eigenvalue weighted by Gasteiger charge is 2.49. The fourth-order valence-electron chi connectivity index (χ4n) is 4.30. The summed E-state index contributed by atoms with van der Waals surface area (Å²) in [6.07, 6.45) is 1.28. The van der Waals surface area contributed by atoms with Crippen LogP contribution in [0, 0.1) is 24.0 Å². The van der Waals surface area contributed by atoms with Crippen LogP contribution in [-0.2, 0) is 22.5 Å². The summed E-state index contributed by atoms with van der Waals surface area (Å²) in [6.45, 7) is 3.02. The van der Waals surface area contributed by atoms with E-state index in [1.807, 2.05) is 19.9 Å². The Morgan fingerprint density at radius 3 is 2.47 bits per heavy atom. The molecule has 38 heavy (non-hydrogen) atoms. The minimum absolute atomic E-state index is 0.112. The largest absolute Gasteiger partial charge is 0.436 e. The Morgan fingerprint density at radius 1 is 1.18 bits per heavy atom.